The fourth-order valence-corrected chi connectivity index (χ4v) is 3.24. The molecule has 1 amide bonds. The highest BCUT2D eigenvalue weighted by molar-refractivity contribution is 5.92. The number of aromatic nitrogens is 4. The molecule has 1 atom stereocenters. The van der Waals surface area contributed by atoms with Crippen LogP contribution in [0.15, 0.2) is 42.7 Å². The van der Waals surface area contributed by atoms with Gasteiger partial charge in [-0.25, -0.2) is 9.67 Å². The zero-order valence-electron chi connectivity index (χ0n) is 13.9. The van der Waals surface area contributed by atoms with Crippen molar-refractivity contribution in [2.45, 2.75) is 18.9 Å². The number of carbonyl (C=O) groups excluding carboxylic acids is 1. The van der Waals surface area contributed by atoms with Crippen LogP contribution in [-0.4, -0.2) is 45.3 Å². The van der Waals surface area contributed by atoms with Crippen LogP contribution in [0.5, 0.6) is 0 Å². The first kappa shape index (κ1) is 15.7. The van der Waals surface area contributed by atoms with Crippen molar-refractivity contribution in [3.63, 3.8) is 0 Å². The molecule has 7 nitrogen and oxygen atoms in total. The summed E-state index contributed by atoms with van der Waals surface area (Å²) in [6.07, 6.45) is 4.49. The average molecular weight is 336 g/mol. The van der Waals surface area contributed by atoms with Gasteiger partial charge in [-0.1, -0.05) is 6.07 Å². The van der Waals surface area contributed by atoms with Crippen LogP contribution >= 0.6 is 0 Å². The molecule has 1 aliphatic rings. The van der Waals surface area contributed by atoms with Crippen molar-refractivity contribution in [2.75, 3.05) is 19.6 Å². The molecule has 3 aromatic rings. The molecule has 0 bridgehead atoms. The molecule has 0 spiro atoms. The molecule has 4 rings (SSSR count). The van der Waals surface area contributed by atoms with E-state index in [4.69, 9.17) is 5.10 Å². The SMILES string of the molecule is O=C(NCCn1nc(C2CCNC2)c2cccnc21)c1ccccn1. The summed E-state index contributed by atoms with van der Waals surface area (Å²) in [6, 6.07) is 9.31. The van der Waals surface area contributed by atoms with Crippen molar-refractivity contribution in [2.24, 2.45) is 0 Å². The first-order valence-corrected chi connectivity index (χ1v) is 8.54. The van der Waals surface area contributed by atoms with Gasteiger partial charge >= 0.3 is 0 Å². The standard InChI is InChI=1S/C18H20N6O/c25-18(15-5-1-2-7-20-15)22-10-11-24-17-14(4-3-8-21-17)16(23-24)13-6-9-19-12-13/h1-5,7-8,13,19H,6,9-12H2,(H,22,25). The molecular weight excluding hydrogens is 316 g/mol. The summed E-state index contributed by atoms with van der Waals surface area (Å²) in [5.41, 5.74) is 2.39. The Hall–Kier alpha value is -2.80. The van der Waals surface area contributed by atoms with Crippen molar-refractivity contribution in [1.29, 1.82) is 0 Å². The Morgan fingerprint density at radius 1 is 1.24 bits per heavy atom. The Bertz CT molecular complexity index is 870. The van der Waals surface area contributed by atoms with E-state index in [-0.39, 0.29) is 5.91 Å². The molecular formula is C18H20N6O. The predicted octanol–water partition coefficient (Wildman–Crippen LogP) is 1.33. The van der Waals surface area contributed by atoms with Gasteiger partial charge in [0, 0.05) is 36.8 Å². The van der Waals surface area contributed by atoms with Gasteiger partial charge in [0.25, 0.3) is 5.91 Å². The second kappa shape index (κ2) is 6.98. The molecule has 1 unspecified atom stereocenters. The average Bonchev–Trinajstić information content (AvgIpc) is 3.30. The van der Waals surface area contributed by atoms with Crippen LogP contribution in [0.3, 0.4) is 0 Å². The molecule has 4 heterocycles. The summed E-state index contributed by atoms with van der Waals surface area (Å²) in [4.78, 5) is 20.6. The van der Waals surface area contributed by atoms with E-state index in [0.717, 1.165) is 36.2 Å². The second-order valence-corrected chi connectivity index (χ2v) is 6.14. The van der Waals surface area contributed by atoms with Gasteiger partial charge in [0.15, 0.2) is 5.65 Å². The fraction of sp³-hybridized carbons (Fsp3) is 0.333. The van der Waals surface area contributed by atoms with Crippen LogP contribution < -0.4 is 10.6 Å². The highest BCUT2D eigenvalue weighted by Crippen LogP contribution is 2.27. The lowest BCUT2D eigenvalue weighted by Crippen LogP contribution is -2.28. The molecule has 0 radical (unpaired) electrons. The molecule has 7 heteroatoms. The number of amides is 1. The van der Waals surface area contributed by atoms with Crippen molar-refractivity contribution in [1.82, 2.24) is 30.4 Å². The molecule has 25 heavy (non-hydrogen) atoms. The largest absolute Gasteiger partial charge is 0.349 e. The van der Waals surface area contributed by atoms with Gasteiger partial charge in [0.2, 0.25) is 0 Å². The molecule has 0 aromatic carbocycles. The predicted molar refractivity (Wildman–Crippen MR) is 94.3 cm³/mol. The van der Waals surface area contributed by atoms with Crippen LogP contribution in [0.25, 0.3) is 11.0 Å². The number of fused-ring (bicyclic) bond motifs is 1. The minimum absolute atomic E-state index is 0.176. The number of nitrogens with zero attached hydrogens (tertiary/aromatic N) is 4. The van der Waals surface area contributed by atoms with Gasteiger partial charge in [-0.15, -0.1) is 0 Å². The maximum absolute atomic E-state index is 12.1. The Morgan fingerprint density at radius 3 is 2.96 bits per heavy atom. The number of hydrogen-bond acceptors (Lipinski definition) is 5. The Balaban J connectivity index is 1.49. The number of nitrogens with one attached hydrogen (secondary N) is 2. The number of rotatable bonds is 5. The summed E-state index contributed by atoms with van der Waals surface area (Å²) in [5.74, 6) is 0.251. The normalized spacial score (nSPS) is 17.0. The summed E-state index contributed by atoms with van der Waals surface area (Å²) in [5, 5.41) is 12.2. The van der Waals surface area contributed by atoms with Crippen molar-refractivity contribution < 1.29 is 4.79 Å². The van der Waals surface area contributed by atoms with Gasteiger partial charge in [-0.3, -0.25) is 9.78 Å². The number of pyridine rings is 2. The van der Waals surface area contributed by atoms with Crippen LogP contribution in [-0.2, 0) is 6.54 Å². The minimum Gasteiger partial charge on any atom is -0.349 e. The van der Waals surface area contributed by atoms with Crippen LogP contribution in [0.2, 0.25) is 0 Å². The molecule has 0 aliphatic carbocycles. The first-order valence-electron chi connectivity index (χ1n) is 8.54. The highest BCUT2D eigenvalue weighted by atomic mass is 16.1. The minimum atomic E-state index is -0.176. The van der Waals surface area contributed by atoms with E-state index in [1.807, 2.05) is 10.7 Å². The zero-order chi connectivity index (χ0) is 17.1. The summed E-state index contributed by atoms with van der Waals surface area (Å²) >= 11 is 0. The van der Waals surface area contributed by atoms with E-state index in [2.05, 4.69) is 26.7 Å². The third-order valence-electron chi connectivity index (χ3n) is 4.49. The molecule has 128 valence electrons. The zero-order valence-corrected chi connectivity index (χ0v) is 13.9. The highest BCUT2D eigenvalue weighted by Gasteiger charge is 2.23. The maximum Gasteiger partial charge on any atom is 0.269 e. The number of carbonyl (C=O) groups is 1. The van der Waals surface area contributed by atoms with Gasteiger partial charge in [0.05, 0.1) is 12.2 Å². The summed E-state index contributed by atoms with van der Waals surface area (Å²) in [7, 11) is 0. The van der Waals surface area contributed by atoms with E-state index in [0.29, 0.717) is 24.7 Å². The lowest BCUT2D eigenvalue weighted by atomic mass is 10.0. The fourth-order valence-electron chi connectivity index (χ4n) is 3.24. The van der Waals surface area contributed by atoms with E-state index < -0.39 is 0 Å². The van der Waals surface area contributed by atoms with Crippen LogP contribution in [0.1, 0.15) is 28.5 Å². The van der Waals surface area contributed by atoms with E-state index in [9.17, 15) is 4.79 Å². The Morgan fingerprint density at radius 2 is 2.16 bits per heavy atom. The number of hydrogen-bond donors (Lipinski definition) is 2. The molecule has 0 saturated carbocycles. The molecule has 1 fully saturated rings. The first-order chi connectivity index (χ1) is 12.3. The molecule has 3 aromatic heterocycles. The quantitative estimate of drug-likeness (QED) is 0.734. The van der Waals surface area contributed by atoms with Crippen LogP contribution in [0, 0.1) is 0 Å². The summed E-state index contributed by atoms with van der Waals surface area (Å²) in [6.45, 7) is 3.04. The Kier molecular flexibility index (Phi) is 4.39. The van der Waals surface area contributed by atoms with Gasteiger partial charge in [-0.2, -0.15) is 5.10 Å². The maximum atomic E-state index is 12.1. The van der Waals surface area contributed by atoms with Crippen molar-refractivity contribution >= 4 is 16.9 Å². The lowest BCUT2D eigenvalue weighted by molar-refractivity contribution is 0.0947. The lowest BCUT2D eigenvalue weighted by Gasteiger charge is -2.06. The van der Waals surface area contributed by atoms with E-state index >= 15 is 0 Å². The van der Waals surface area contributed by atoms with E-state index in [1.165, 1.54) is 0 Å². The van der Waals surface area contributed by atoms with Crippen LogP contribution in [0.4, 0.5) is 0 Å². The molecule has 2 N–H and O–H groups in total. The molecule has 1 saturated heterocycles. The van der Waals surface area contributed by atoms with Crippen molar-refractivity contribution in [3.05, 3.63) is 54.1 Å². The topological polar surface area (TPSA) is 84.7 Å². The second-order valence-electron chi connectivity index (χ2n) is 6.14. The smallest absolute Gasteiger partial charge is 0.269 e. The van der Waals surface area contributed by atoms with E-state index in [1.54, 1.807) is 30.6 Å². The monoisotopic (exact) mass is 336 g/mol. The van der Waals surface area contributed by atoms with Gasteiger partial charge in [0.1, 0.15) is 5.69 Å². The Labute approximate surface area is 145 Å². The molecule has 1 aliphatic heterocycles. The van der Waals surface area contributed by atoms with Gasteiger partial charge < -0.3 is 10.6 Å². The summed E-state index contributed by atoms with van der Waals surface area (Å²) < 4.78 is 1.89. The van der Waals surface area contributed by atoms with Crippen molar-refractivity contribution in [3.8, 4) is 0 Å². The third kappa shape index (κ3) is 3.23. The van der Waals surface area contributed by atoms with Gasteiger partial charge in [-0.05, 0) is 37.2 Å². The third-order valence-corrected chi connectivity index (χ3v) is 4.49.